The Kier molecular flexibility index (Phi) is 14.9. The number of unbranched alkanes of at least 4 members (excludes halogenated alkanes) is 9. The van der Waals surface area contributed by atoms with Gasteiger partial charge in [-0.05, 0) is 25.2 Å². The molecule has 0 aliphatic heterocycles. The molecule has 3 heteroatoms. The number of hydrogen-bond donors (Lipinski definition) is 2. The number of aliphatic hydroxyl groups is 1. The van der Waals surface area contributed by atoms with Crippen molar-refractivity contribution in [3.8, 4) is 0 Å². The number of rotatable bonds is 16. The normalized spacial score (nSPS) is 14.0. The molecule has 0 aromatic rings. The van der Waals surface area contributed by atoms with Crippen LogP contribution < -0.4 is 0 Å². The Bertz CT molecular complexity index is 253. The van der Waals surface area contributed by atoms with Crippen LogP contribution in [-0.4, -0.2) is 22.3 Å². The van der Waals surface area contributed by atoms with Gasteiger partial charge in [-0.1, -0.05) is 78.1 Å². The van der Waals surface area contributed by atoms with Gasteiger partial charge in [-0.25, -0.2) is 0 Å². The van der Waals surface area contributed by atoms with Crippen molar-refractivity contribution in [2.45, 2.75) is 110 Å². The number of hydrogen-bond acceptors (Lipinski definition) is 2. The Labute approximate surface area is 137 Å². The van der Waals surface area contributed by atoms with Crippen molar-refractivity contribution < 1.29 is 15.0 Å². The molecule has 0 amide bonds. The first-order chi connectivity index (χ1) is 10.6. The fraction of sp³-hybridized carbons (Fsp3) is 0.947. The van der Waals surface area contributed by atoms with Crippen LogP contribution in [0.15, 0.2) is 0 Å². The number of aliphatic hydroxyl groups excluding tert-OH is 1. The zero-order valence-electron chi connectivity index (χ0n) is 14.9. The van der Waals surface area contributed by atoms with E-state index in [1.165, 1.54) is 38.5 Å². The molecule has 0 saturated heterocycles. The molecule has 3 nitrogen and oxygen atoms in total. The third-order valence-corrected chi connectivity index (χ3v) is 4.56. The minimum atomic E-state index is -0.695. The van der Waals surface area contributed by atoms with E-state index in [-0.39, 0.29) is 12.5 Å². The van der Waals surface area contributed by atoms with Crippen LogP contribution in [0.4, 0.5) is 0 Å². The SMILES string of the molecule is CCCCCCCCC(C)C(O)CCCCCCCC(=O)O. The summed E-state index contributed by atoms with van der Waals surface area (Å²) < 4.78 is 0. The van der Waals surface area contributed by atoms with E-state index in [0.717, 1.165) is 44.9 Å². The molecule has 22 heavy (non-hydrogen) atoms. The average Bonchev–Trinajstić information content (AvgIpc) is 2.49. The molecule has 0 fully saturated rings. The number of aliphatic carboxylic acids is 1. The van der Waals surface area contributed by atoms with Gasteiger partial charge in [0, 0.05) is 6.42 Å². The molecule has 2 atom stereocenters. The molecule has 0 aromatic carbocycles. The first-order valence-corrected chi connectivity index (χ1v) is 9.47. The molecule has 0 aliphatic carbocycles. The van der Waals surface area contributed by atoms with Crippen LogP contribution in [-0.2, 0) is 4.79 Å². The van der Waals surface area contributed by atoms with Gasteiger partial charge >= 0.3 is 5.97 Å². The standard InChI is InChI=1S/C19H38O3/c1-3-4-5-6-8-11-14-17(2)18(20)15-12-9-7-10-13-16-19(21)22/h17-18,20H,3-16H2,1-2H3,(H,21,22). The molecular weight excluding hydrogens is 276 g/mol. The Balaban J connectivity index is 3.38. The lowest BCUT2D eigenvalue weighted by molar-refractivity contribution is -0.137. The second-order valence-electron chi connectivity index (χ2n) is 6.80. The Hall–Kier alpha value is -0.570. The van der Waals surface area contributed by atoms with Gasteiger partial charge in [0.2, 0.25) is 0 Å². The molecule has 2 N–H and O–H groups in total. The van der Waals surface area contributed by atoms with E-state index >= 15 is 0 Å². The maximum atomic E-state index is 10.4. The van der Waals surface area contributed by atoms with Gasteiger partial charge in [0.15, 0.2) is 0 Å². The van der Waals surface area contributed by atoms with E-state index in [2.05, 4.69) is 13.8 Å². The first kappa shape index (κ1) is 21.4. The van der Waals surface area contributed by atoms with Crippen LogP contribution in [0.3, 0.4) is 0 Å². The molecule has 0 spiro atoms. The van der Waals surface area contributed by atoms with Crippen molar-refractivity contribution in [1.82, 2.24) is 0 Å². The van der Waals surface area contributed by atoms with E-state index in [1.54, 1.807) is 0 Å². The quantitative estimate of drug-likeness (QED) is 0.367. The molecule has 0 saturated carbocycles. The molecule has 0 aromatic heterocycles. The fourth-order valence-corrected chi connectivity index (χ4v) is 2.88. The van der Waals surface area contributed by atoms with E-state index in [0.29, 0.717) is 5.92 Å². The highest BCUT2D eigenvalue weighted by Gasteiger charge is 2.13. The lowest BCUT2D eigenvalue weighted by atomic mass is 9.93. The van der Waals surface area contributed by atoms with Crippen molar-refractivity contribution in [3.05, 3.63) is 0 Å². The summed E-state index contributed by atoms with van der Waals surface area (Å²) in [6, 6.07) is 0. The summed E-state index contributed by atoms with van der Waals surface area (Å²) in [6.45, 7) is 4.41. The summed E-state index contributed by atoms with van der Waals surface area (Å²) in [6.07, 6.45) is 15.1. The highest BCUT2D eigenvalue weighted by atomic mass is 16.4. The fourth-order valence-electron chi connectivity index (χ4n) is 2.88. The van der Waals surface area contributed by atoms with Gasteiger partial charge in [-0.3, -0.25) is 4.79 Å². The second kappa shape index (κ2) is 15.3. The minimum Gasteiger partial charge on any atom is -0.481 e. The van der Waals surface area contributed by atoms with Crippen molar-refractivity contribution in [3.63, 3.8) is 0 Å². The Morgan fingerprint density at radius 3 is 1.91 bits per heavy atom. The van der Waals surface area contributed by atoms with Gasteiger partial charge in [-0.15, -0.1) is 0 Å². The van der Waals surface area contributed by atoms with E-state index < -0.39 is 5.97 Å². The van der Waals surface area contributed by atoms with Gasteiger partial charge in [-0.2, -0.15) is 0 Å². The number of carboxylic acid groups (broad SMARTS) is 1. The van der Waals surface area contributed by atoms with Gasteiger partial charge < -0.3 is 10.2 Å². The highest BCUT2D eigenvalue weighted by molar-refractivity contribution is 5.66. The summed E-state index contributed by atoms with van der Waals surface area (Å²) in [5, 5.41) is 18.7. The highest BCUT2D eigenvalue weighted by Crippen LogP contribution is 2.19. The van der Waals surface area contributed by atoms with E-state index in [9.17, 15) is 9.90 Å². The van der Waals surface area contributed by atoms with E-state index in [1.807, 2.05) is 0 Å². The summed E-state index contributed by atoms with van der Waals surface area (Å²) >= 11 is 0. The Morgan fingerprint density at radius 1 is 0.818 bits per heavy atom. The smallest absolute Gasteiger partial charge is 0.303 e. The predicted octanol–water partition coefficient (Wildman–Crippen LogP) is 5.55. The molecule has 2 unspecified atom stereocenters. The van der Waals surface area contributed by atoms with Crippen LogP contribution in [0.1, 0.15) is 104 Å². The van der Waals surface area contributed by atoms with Crippen LogP contribution in [0, 0.1) is 5.92 Å². The van der Waals surface area contributed by atoms with Crippen LogP contribution in [0.5, 0.6) is 0 Å². The van der Waals surface area contributed by atoms with Crippen molar-refractivity contribution in [2.75, 3.05) is 0 Å². The number of carbonyl (C=O) groups is 1. The maximum Gasteiger partial charge on any atom is 0.303 e. The third-order valence-electron chi connectivity index (χ3n) is 4.56. The monoisotopic (exact) mass is 314 g/mol. The van der Waals surface area contributed by atoms with Crippen molar-refractivity contribution >= 4 is 5.97 Å². The molecule has 132 valence electrons. The summed E-state index contributed by atoms with van der Waals surface area (Å²) in [5.41, 5.74) is 0. The lowest BCUT2D eigenvalue weighted by Crippen LogP contribution is -2.17. The largest absolute Gasteiger partial charge is 0.481 e. The zero-order chi connectivity index (χ0) is 16.6. The summed E-state index contributed by atoms with van der Waals surface area (Å²) in [7, 11) is 0. The lowest BCUT2D eigenvalue weighted by Gasteiger charge is -2.18. The average molecular weight is 315 g/mol. The topological polar surface area (TPSA) is 57.5 Å². The minimum absolute atomic E-state index is 0.158. The third kappa shape index (κ3) is 14.4. The van der Waals surface area contributed by atoms with Crippen molar-refractivity contribution in [2.24, 2.45) is 5.92 Å². The molecule has 0 aliphatic rings. The maximum absolute atomic E-state index is 10.4. The predicted molar refractivity (Wildman–Crippen MR) is 93.1 cm³/mol. The second-order valence-corrected chi connectivity index (χ2v) is 6.80. The molecule has 0 radical (unpaired) electrons. The molecule has 0 rings (SSSR count). The zero-order valence-corrected chi connectivity index (χ0v) is 14.9. The molecular formula is C19H38O3. The Morgan fingerprint density at radius 2 is 1.32 bits per heavy atom. The van der Waals surface area contributed by atoms with E-state index in [4.69, 9.17) is 5.11 Å². The first-order valence-electron chi connectivity index (χ1n) is 9.47. The molecule has 0 bridgehead atoms. The summed E-state index contributed by atoms with van der Waals surface area (Å²) in [5.74, 6) is -0.280. The van der Waals surface area contributed by atoms with Crippen LogP contribution in [0.25, 0.3) is 0 Å². The van der Waals surface area contributed by atoms with Gasteiger partial charge in [0.1, 0.15) is 0 Å². The molecule has 0 heterocycles. The number of carboxylic acids is 1. The van der Waals surface area contributed by atoms with Gasteiger partial charge in [0.25, 0.3) is 0 Å². The van der Waals surface area contributed by atoms with Crippen LogP contribution >= 0.6 is 0 Å². The van der Waals surface area contributed by atoms with Crippen molar-refractivity contribution in [1.29, 1.82) is 0 Å². The summed E-state index contributed by atoms with van der Waals surface area (Å²) in [4.78, 5) is 10.4. The van der Waals surface area contributed by atoms with Crippen LogP contribution in [0.2, 0.25) is 0 Å². The van der Waals surface area contributed by atoms with Gasteiger partial charge in [0.05, 0.1) is 6.10 Å².